The van der Waals surface area contributed by atoms with Gasteiger partial charge in [0.25, 0.3) is 0 Å². The maximum atomic E-state index is 14.3. The van der Waals surface area contributed by atoms with Gasteiger partial charge in [-0.15, -0.1) is 0 Å². The van der Waals surface area contributed by atoms with E-state index in [1.807, 2.05) is 26.0 Å². The number of rotatable bonds is 3. The van der Waals surface area contributed by atoms with Crippen molar-refractivity contribution in [3.8, 4) is 0 Å². The Balaban J connectivity index is 1.68. The molecule has 0 spiro atoms. The summed E-state index contributed by atoms with van der Waals surface area (Å²) in [4.78, 5) is 6.71. The molecule has 0 bridgehead atoms. The molecule has 4 heterocycles. The van der Waals surface area contributed by atoms with Crippen LogP contribution in [0.15, 0.2) is 36.7 Å². The fourth-order valence-corrected chi connectivity index (χ4v) is 5.20. The summed E-state index contributed by atoms with van der Waals surface area (Å²) in [5.74, 6) is -0.187. The second-order valence-electron chi connectivity index (χ2n) is 8.62. The first-order valence-corrected chi connectivity index (χ1v) is 10.1. The van der Waals surface area contributed by atoms with Gasteiger partial charge in [0.05, 0.1) is 12.1 Å². The van der Waals surface area contributed by atoms with Crippen molar-refractivity contribution in [1.29, 1.82) is 0 Å². The topological polar surface area (TPSA) is 41.3 Å². The zero-order chi connectivity index (χ0) is 19.5. The highest BCUT2D eigenvalue weighted by Gasteiger charge is 2.35. The van der Waals surface area contributed by atoms with Crippen LogP contribution in [0.5, 0.6) is 0 Å². The largest absolute Gasteiger partial charge is 0.384 e. The van der Waals surface area contributed by atoms with Crippen molar-refractivity contribution >= 4 is 10.9 Å². The zero-order valence-electron chi connectivity index (χ0n) is 16.5. The number of hydrogen-bond donors (Lipinski definition) is 1. The first-order valence-electron chi connectivity index (χ1n) is 10.1. The van der Waals surface area contributed by atoms with Gasteiger partial charge in [-0.3, -0.25) is 9.88 Å². The Hall–Kier alpha value is -2.24. The van der Waals surface area contributed by atoms with Crippen LogP contribution in [0.2, 0.25) is 0 Å². The van der Waals surface area contributed by atoms with E-state index in [2.05, 4.69) is 14.5 Å². The number of pyridine rings is 1. The molecule has 4 nitrogen and oxygen atoms in total. The van der Waals surface area contributed by atoms with E-state index in [1.54, 1.807) is 24.5 Å². The number of fused-ring (bicyclic) bond motifs is 4. The molecular formula is C23H26FN3O. The van der Waals surface area contributed by atoms with Gasteiger partial charge in [0, 0.05) is 48.0 Å². The molecule has 0 saturated carbocycles. The molecule has 1 fully saturated rings. The molecule has 28 heavy (non-hydrogen) atoms. The second-order valence-corrected chi connectivity index (χ2v) is 8.62. The lowest BCUT2D eigenvalue weighted by atomic mass is 9.96. The lowest BCUT2D eigenvalue weighted by Gasteiger charge is -2.32. The Morgan fingerprint density at radius 3 is 3.00 bits per heavy atom. The summed E-state index contributed by atoms with van der Waals surface area (Å²) in [5, 5.41) is 12.3. The quantitative estimate of drug-likeness (QED) is 0.750. The first kappa shape index (κ1) is 17.8. The average Bonchev–Trinajstić information content (AvgIpc) is 3.23. The molecule has 1 saturated heterocycles. The minimum absolute atomic E-state index is 0.187. The van der Waals surface area contributed by atoms with Crippen molar-refractivity contribution in [2.75, 3.05) is 6.54 Å². The van der Waals surface area contributed by atoms with E-state index in [0.29, 0.717) is 12.6 Å². The van der Waals surface area contributed by atoms with Gasteiger partial charge in [-0.2, -0.15) is 0 Å². The van der Waals surface area contributed by atoms with Gasteiger partial charge < -0.3 is 9.67 Å². The maximum absolute atomic E-state index is 14.3. The molecule has 0 amide bonds. The number of hydrogen-bond acceptors (Lipinski definition) is 3. The molecular weight excluding hydrogens is 353 g/mol. The normalized spacial score (nSPS) is 21.5. The first-order chi connectivity index (χ1) is 13.4. The number of halogens is 1. The number of nitrogens with zero attached hydrogens (tertiary/aromatic N) is 3. The molecule has 3 aromatic rings. The highest BCUT2D eigenvalue weighted by atomic mass is 19.1. The van der Waals surface area contributed by atoms with Crippen molar-refractivity contribution in [3.05, 3.63) is 64.9 Å². The summed E-state index contributed by atoms with van der Waals surface area (Å²) < 4.78 is 16.5. The smallest absolute Gasteiger partial charge is 0.124 e. The molecule has 5 heteroatoms. The molecule has 5 rings (SSSR count). The Morgan fingerprint density at radius 1 is 1.36 bits per heavy atom. The van der Waals surface area contributed by atoms with E-state index in [-0.39, 0.29) is 5.82 Å². The third-order valence-corrected chi connectivity index (χ3v) is 6.57. The molecule has 1 N–H and O–H groups in total. The van der Waals surface area contributed by atoms with Crippen molar-refractivity contribution in [3.63, 3.8) is 0 Å². The van der Waals surface area contributed by atoms with Crippen LogP contribution in [-0.2, 0) is 25.1 Å². The van der Waals surface area contributed by atoms with Crippen molar-refractivity contribution in [2.45, 2.75) is 57.8 Å². The Morgan fingerprint density at radius 2 is 2.21 bits per heavy atom. The summed E-state index contributed by atoms with van der Waals surface area (Å²) in [5.41, 5.74) is 4.21. The standard InChI is InChI=1S/C23H26FN3O/c1-15-9-17(24)10-19-20-13-26-8-4-6-18(26)11-21(20)27(22(15)19)14-23(2,28)16-5-3-7-25-12-16/h3,5,7,9-10,12,18,28H,4,6,8,11,13-14H2,1-2H3. The summed E-state index contributed by atoms with van der Waals surface area (Å²) in [6, 6.07) is 7.60. The molecule has 1 aromatic carbocycles. The van der Waals surface area contributed by atoms with Crippen molar-refractivity contribution in [1.82, 2.24) is 14.5 Å². The summed E-state index contributed by atoms with van der Waals surface area (Å²) >= 11 is 0. The van der Waals surface area contributed by atoms with E-state index < -0.39 is 5.60 Å². The van der Waals surface area contributed by atoms with Gasteiger partial charge >= 0.3 is 0 Å². The van der Waals surface area contributed by atoms with Gasteiger partial charge in [-0.25, -0.2) is 4.39 Å². The van der Waals surface area contributed by atoms with Gasteiger partial charge in [0.15, 0.2) is 0 Å². The number of aliphatic hydroxyl groups is 1. The van der Waals surface area contributed by atoms with Crippen LogP contribution in [0.3, 0.4) is 0 Å². The van der Waals surface area contributed by atoms with Gasteiger partial charge in [-0.05, 0) is 62.6 Å². The summed E-state index contributed by atoms with van der Waals surface area (Å²) in [6.45, 7) is 6.24. The summed E-state index contributed by atoms with van der Waals surface area (Å²) in [6.07, 6.45) is 6.85. The Labute approximate surface area is 164 Å². The molecule has 0 aliphatic carbocycles. The van der Waals surface area contributed by atoms with Gasteiger partial charge in [0.1, 0.15) is 11.4 Å². The lowest BCUT2D eigenvalue weighted by Crippen LogP contribution is -2.37. The van der Waals surface area contributed by atoms with Crippen LogP contribution in [0.1, 0.15) is 42.1 Å². The molecule has 146 valence electrons. The number of aryl methyl sites for hydroxylation is 1. The number of aromatic nitrogens is 2. The average molecular weight is 379 g/mol. The van der Waals surface area contributed by atoms with Crippen LogP contribution in [0.4, 0.5) is 4.39 Å². The minimum Gasteiger partial charge on any atom is -0.384 e. The highest BCUT2D eigenvalue weighted by Crippen LogP contribution is 2.39. The van der Waals surface area contributed by atoms with E-state index in [1.165, 1.54) is 24.1 Å². The molecule has 2 atom stereocenters. The van der Waals surface area contributed by atoms with Gasteiger partial charge in [-0.1, -0.05) is 6.07 Å². The second kappa shape index (κ2) is 6.39. The lowest BCUT2D eigenvalue weighted by molar-refractivity contribution is 0.0378. The van der Waals surface area contributed by atoms with E-state index in [0.717, 1.165) is 41.5 Å². The van der Waals surface area contributed by atoms with E-state index >= 15 is 0 Å². The van der Waals surface area contributed by atoms with Gasteiger partial charge in [0.2, 0.25) is 0 Å². The van der Waals surface area contributed by atoms with Crippen LogP contribution >= 0.6 is 0 Å². The molecule has 2 unspecified atom stereocenters. The van der Waals surface area contributed by atoms with Crippen LogP contribution < -0.4 is 0 Å². The van der Waals surface area contributed by atoms with Crippen LogP contribution in [0, 0.1) is 12.7 Å². The third kappa shape index (κ3) is 2.76. The van der Waals surface area contributed by atoms with Crippen LogP contribution in [0.25, 0.3) is 10.9 Å². The highest BCUT2D eigenvalue weighted by molar-refractivity contribution is 5.88. The van der Waals surface area contributed by atoms with Crippen molar-refractivity contribution < 1.29 is 9.50 Å². The Kier molecular flexibility index (Phi) is 4.07. The molecule has 0 radical (unpaired) electrons. The fraction of sp³-hybridized carbons (Fsp3) is 0.435. The number of benzene rings is 1. The summed E-state index contributed by atoms with van der Waals surface area (Å²) in [7, 11) is 0. The van der Waals surface area contributed by atoms with E-state index in [9.17, 15) is 9.50 Å². The van der Waals surface area contributed by atoms with Crippen molar-refractivity contribution in [2.24, 2.45) is 0 Å². The molecule has 2 aromatic heterocycles. The predicted octanol–water partition coefficient (Wildman–Crippen LogP) is 3.91. The fourth-order valence-electron chi connectivity index (χ4n) is 5.20. The Bertz CT molecular complexity index is 1040. The third-order valence-electron chi connectivity index (χ3n) is 6.57. The minimum atomic E-state index is -1.05. The van der Waals surface area contributed by atoms with Crippen LogP contribution in [-0.4, -0.2) is 32.1 Å². The van der Waals surface area contributed by atoms with E-state index in [4.69, 9.17) is 0 Å². The zero-order valence-corrected chi connectivity index (χ0v) is 16.5. The SMILES string of the molecule is Cc1cc(F)cc2c3c(n(CC(C)(O)c4cccnc4)c12)CC1CCCN1C3. The molecule has 2 aliphatic rings. The maximum Gasteiger partial charge on any atom is 0.124 e. The predicted molar refractivity (Wildman–Crippen MR) is 108 cm³/mol. The molecule has 2 aliphatic heterocycles. The monoisotopic (exact) mass is 379 g/mol.